The Kier molecular flexibility index (Phi) is 8.42. The Balaban J connectivity index is 1.29. The minimum Gasteiger partial charge on any atom is -0.353 e. The first kappa shape index (κ1) is 33.3. The number of hydrogen-bond acceptors (Lipinski definition) is 7. The van der Waals surface area contributed by atoms with E-state index in [1.54, 1.807) is 29.2 Å². The highest BCUT2D eigenvalue weighted by atomic mass is 35.5. The van der Waals surface area contributed by atoms with E-state index < -0.39 is 35.2 Å². The topological polar surface area (TPSA) is 147 Å². The van der Waals surface area contributed by atoms with Crippen LogP contribution in [0.1, 0.15) is 81.9 Å². The maximum atomic E-state index is 14.9. The van der Waals surface area contributed by atoms with E-state index in [4.69, 9.17) is 17.0 Å². The van der Waals surface area contributed by atoms with Gasteiger partial charge in [0.2, 0.25) is 11.4 Å². The summed E-state index contributed by atoms with van der Waals surface area (Å²) in [6.45, 7) is 5.70. The molecule has 1 aliphatic heterocycles. The number of carbonyl (C=O) groups excluding carboxylic acids is 2. The molecule has 7 rings (SSSR count). The third kappa shape index (κ3) is 6.45. The molecule has 3 fully saturated rings. The zero-order chi connectivity index (χ0) is 35.4. The molecule has 4 aromatic rings. The lowest BCUT2D eigenvalue weighted by Gasteiger charge is -2.29. The lowest BCUT2D eigenvalue weighted by Crippen LogP contribution is -2.45. The smallest absolute Gasteiger partial charge is 0.297 e. The van der Waals surface area contributed by atoms with Gasteiger partial charge in [0.05, 0.1) is 29.0 Å². The van der Waals surface area contributed by atoms with Gasteiger partial charge in [0.25, 0.3) is 12.3 Å². The summed E-state index contributed by atoms with van der Waals surface area (Å²) in [5.74, 6) is 4.68. The van der Waals surface area contributed by atoms with Crippen LogP contribution in [0.4, 0.5) is 8.78 Å². The Hall–Kier alpha value is -5.16. The number of benzene rings is 2. The van der Waals surface area contributed by atoms with Gasteiger partial charge in [-0.25, -0.2) is 18.4 Å². The van der Waals surface area contributed by atoms with Crippen molar-refractivity contribution in [3.63, 3.8) is 0 Å². The largest absolute Gasteiger partial charge is 0.353 e. The number of rotatable bonds is 10. The molecule has 50 heavy (non-hydrogen) atoms. The Labute approximate surface area is 292 Å². The molecular weight excluding hydrogens is 666 g/mol. The number of alkyl halides is 2. The molecule has 15 heteroatoms. The molecule has 0 unspecified atom stereocenters. The quantitative estimate of drug-likeness (QED) is 0.190. The van der Waals surface area contributed by atoms with Gasteiger partial charge >= 0.3 is 0 Å². The Morgan fingerprint density at radius 2 is 1.88 bits per heavy atom. The van der Waals surface area contributed by atoms with Crippen molar-refractivity contribution in [1.29, 1.82) is 5.41 Å². The zero-order valence-electron chi connectivity index (χ0n) is 27.6. The molecule has 0 bridgehead atoms. The van der Waals surface area contributed by atoms with Crippen molar-refractivity contribution in [2.24, 2.45) is 11.3 Å². The van der Waals surface area contributed by atoms with E-state index in [-0.39, 0.29) is 35.0 Å². The van der Waals surface area contributed by atoms with E-state index in [9.17, 15) is 18.4 Å². The highest BCUT2D eigenvalue weighted by molar-refractivity contribution is 6.32. The molecule has 3 N–H and O–H groups in total. The number of amides is 2. The van der Waals surface area contributed by atoms with E-state index in [0.717, 1.165) is 42.3 Å². The van der Waals surface area contributed by atoms with Crippen LogP contribution in [0.2, 0.25) is 5.02 Å². The fraction of sp³-hybridized carbons (Fsp3) is 0.400. The van der Waals surface area contributed by atoms with Gasteiger partial charge < -0.3 is 10.6 Å². The van der Waals surface area contributed by atoms with Crippen LogP contribution in [-0.2, 0) is 15.1 Å². The molecule has 0 spiro atoms. The number of hydrogen-bond donors (Lipinski definition) is 3. The molecule has 258 valence electrons. The molecule has 2 atom stereocenters. The molecule has 3 aliphatic rings. The summed E-state index contributed by atoms with van der Waals surface area (Å²) in [4.78, 5) is 34.4. The zero-order valence-corrected chi connectivity index (χ0v) is 28.4. The average molecular weight is 701 g/mol. The maximum Gasteiger partial charge on any atom is 0.297 e. The first-order valence-corrected chi connectivity index (χ1v) is 16.8. The van der Waals surface area contributed by atoms with Gasteiger partial charge in [0, 0.05) is 23.4 Å². The van der Waals surface area contributed by atoms with Crippen LogP contribution in [0.25, 0.3) is 16.9 Å². The predicted octanol–water partition coefficient (Wildman–Crippen LogP) is 5.33. The van der Waals surface area contributed by atoms with Crippen LogP contribution in [0, 0.1) is 28.6 Å². The van der Waals surface area contributed by atoms with Crippen LogP contribution in [0.3, 0.4) is 0 Å². The van der Waals surface area contributed by atoms with Crippen molar-refractivity contribution in [3.05, 3.63) is 77.0 Å². The monoisotopic (exact) mass is 700 g/mol. The molecule has 2 amide bonds. The van der Waals surface area contributed by atoms with Gasteiger partial charge in [-0.3, -0.25) is 19.9 Å². The Bertz CT molecular complexity index is 2040. The fourth-order valence-corrected chi connectivity index (χ4v) is 6.01. The van der Waals surface area contributed by atoms with Crippen LogP contribution in [0.5, 0.6) is 0 Å². The second-order valence-corrected chi connectivity index (χ2v) is 14.2. The summed E-state index contributed by atoms with van der Waals surface area (Å²) in [6, 6.07) is 11.3. The third-order valence-corrected chi connectivity index (χ3v) is 9.11. The standard InChI is InChI=1S/C35H35ClF2N10O2/c1-34(2,3)14-15-35(23-9-6-20(7-10-23)26-17-42-48(45-26)24-11-12-24)32(50)46(33(39)44-35)28(18-40-31(49)21-4-5-21)22-8-13-25(36)27(16-22)47-30(29(37)38)41-19-43-47/h6-10,13,16-17,19,21,24,28-29H,4-5,11-12,18H2,1-3H3,(H2,39,44)(H,40,49)/t28-,35-/m1/s1. The van der Waals surface area contributed by atoms with Crippen molar-refractivity contribution in [2.45, 2.75) is 70.5 Å². The second-order valence-electron chi connectivity index (χ2n) is 13.8. The second kappa shape index (κ2) is 12.6. The van der Waals surface area contributed by atoms with E-state index in [1.165, 1.54) is 17.0 Å². The summed E-state index contributed by atoms with van der Waals surface area (Å²) < 4.78 is 28.6. The van der Waals surface area contributed by atoms with Gasteiger partial charge in [-0.05, 0) is 69.7 Å². The van der Waals surface area contributed by atoms with Crippen molar-refractivity contribution < 1.29 is 18.4 Å². The Morgan fingerprint density at radius 1 is 1.14 bits per heavy atom. The van der Waals surface area contributed by atoms with Gasteiger partial charge in [-0.15, -0.1) is 0 Å². The molecule has 2 aliphatic carbocycles. The third-order valence-electron chi connectivity index (χ3n) is 8.79. The molecule has 2 aromatic heterocycles. The van der Waals surface area contributed by atoms with Crippen molar-refractivity contribution in [3.8, 4) is 28.8 Å². The number of halogens is 3. The lowest BCUT2D eigenvalue weighted by atomic mass is 9.86. The number of aromatic nitrogens is 6. The van der Waals surface area contributed by atoms with Crippen molar-refractivity contribution in [1.82, 2.24) is 45.3 Å². The summed E-state index contributed by atoms with van der Waals surface area (Å²) >= 11 is 6.48. The van der Waals surface area contributed by atoms with Crippen LogP contribution >= 0.6 is 11.6 Å². The first-order chi connectivity index (χ1) is 23.8. The van der Waals surface area contributed by atoms with E-state index in [2.05, 4.69) is 42.8 Å². The first-order valence-electron chi connectivity index (χ1n) is 16.4. The molecule has 3 heterocycles. The highest BCUT2D eigenvalue weighted by Gasteiger charge is 2.53. The lowest BCUT2D eigenvalue weighted by molar-refractivity contribution is -0.131. The highest BCUT2D eigenvalue weighted by Crippen LogP contribution is 2.38. The summed E-state index contributed by atoms with van der Waals surface area (Å²) in [5, 5.41) is 28.2. The van der Waals surface area contributed by atoms with E-state index >= 15 is 0 Å². The van der Waals surface area contributed by atoms with E-state index in [0.29, 0.717) is 22.9 Å². The summed E-state index contributed by atoms with van der Waals surface area (Å²) in [5.41, 5.74) is 0.394. The number of guanidine groups is 1. The number of nitrogens with one attached hydrogen (secondary N) is 3. The van der Waals surface area contributed by atoms with Gasteiger partial charge in [-0.2, -0.15) is 20.1 Å². The van der Waals surface area contributed by atoms with Crippen molar-refractivity contribution >= 4 is 29.4 Å². The van der Waals surface area contributed by atoms with Gasteiger partial charge in [0.1, 0.15) is 12.0 Å². The molecular formula is C35H35ClF2N10O2. The molecule has 1 saturated heterocycles. The molecule has 12 nitrogen and oxygen atoms in total. The summed E-state index contributed by atoms with van der Waals surface area (Å²) in [7, 11) is 0. The Morgan fingerprint density at radius 3 is 2.54 bits per heavy atom. The summed E-state index contributed by atoms with van der Waals surface area (Å²) in [6.07, 6.45) is 3.43. The molecule has 2 aromatic carbocycles. The number of carbonyl (C=O) groups is 2. The van der Waals surface area contributed by atoms with Gasteiger partial charge in [0.15, 0.2) is 11.8 Å². The van der Waals surface area contributed by atoms with Crippen LogP contribution in [-0.4, -0.2) is 59.0 Å². The normalized spacial score (nSPS) is 19.7. The van der Waals surface area contributed by atoms with Crippen LogP contribution < -0.4 is 10.6 Å². The molecule has 2 saturated carbocycles. The van der Waals surface area contributed by atoms with E-state index in [1.807, 2.05) is 32.9 Å². The number of nitrogens with zero attached hydrogens (tertiary/aromatic N) is 7. The molecule has 0 radical (unpaired) electrons. The van der Waals surface area contributed by atoms with Crippen molar-refractivity contribution in [2.75, 3.05) is 6.54 Å². The van der Waals surface area contributed by atoms with Crippen LogP contribution in [0.15, 0.2) is 55.0 Å². The average Bonchev–Trinajstić information content (AvgIpc) is 4.00. The fourth-order valence-electron chi connectivity index (χ4n) is 5.81. The minimum atomic E-state index is -2.93. The maximum absolute atomic E-state index is 14.9. The minimum absolute atomic E-state index is 0.0658. The predicted molar refractivity (Wildman–Crippen MR) is 180 cm³/mol. The SMILES string of the molecule is CC(C)(C)C#C[C@]1(c2ccc(-c3cnn(C4CC4)n3)cc2)NC(=N)N([C@H](CNC(=O)C2CC2)c2ccc(Cl)c(-n3ncnc3C(F)F)c2)C1=O. The van der Waals surface area contributed by atoms with Gasteiger partial charge in [-0.1, -0.05) is 53.8 Å².